The average molecular weight is 125 g/mol. The largest absolute Gasteiger partial charge is 0.377 e. The van der Waals surface area contributed by atoms with Gasteiger partial charge in [0.25, 0.3) is 0 Å². The van der Waals surface area contributed by atoms with Gasteiger partial charge in [-0.3, -0.25) is 5.43 Å². The van der Waals surface area contributed by atoms with Crippen LogP contribution in [0.5, 0.6) is 0 Å². The molecular formula is C3H9ClN2O. The lowest BCUT2D eigenvalue weighted by molar-refractivity contribution is 0.154. The molecule has 1 rings (SSSR count). The van der Waals surface area contributed by atoms with Crippen LogP contribution in [-0.4, -0.2) is 17.9 Å². The van der Waals surface area contributed by atoms with Crippen molar-refractivity contribution in [3.63, 3.8) is 0 Å². The van der Waals surface area contributed by atoms with Gasteiger partial charge < -0.3 is 5.11 Å². The maximum absolute atomic E-state index is 8.56. The summed E-state index contributed by atoms with van der Waals surface area (Å²) >= 11 is 0. The first-order valence-electron chi connectivity index (χ1n) is 2.06. The molecule has 0 saturated carbocycles. The summed E-state index contributed by atoms with van der Waals surface area (Å²) in [5.74, 6) is 0. The highest BCUT2D eigenvalue weighted by Gasteiger charge is 2.06. The van der Waals surface area contributed by atoms with Crippen LogP contribution < -0.4 is 10.9 Å². The summed E-state index contributed by atoms with van der Waals surface area (Å²) in [6.07, 6.45) is 0.505. The number of rotatable bonds is 0. The molecule has 44 valence electrons. The van der Waals surface area contributed by atoms with Gasteiger partial charge in [-0.05, 0) is 0 Å². The van der Waals surface area contributed by atoms with Gasteiger partial charge in [-0.1, -0.05) is 0 Å². The second kappa shape index (κ2) is 3.21. The number of aliphatic hydroxyl groups is 1. The van der Waals surface area contributed by atoms with E-state index in [9.17, 15) is 0 Å². The molecule has 3 nitrogen and oxygen atoms in total. The summed E-state index contributed by atoms with van der Waals surface area (Å²) < 4.78 is 0. The fraction of sp³-hybridized carbons (Fsp3) is 1.00. The lowest BCUT2D eigenvalue weighted by Gasteiger charge is -1.94. The first kappa shape index (κ1) is 7.17. The summed E-state index contributed by atoms with van der Waals surface area (Å²) in [6.45, 7) is 0.876. The highest BCUT2D eigenvalue weighted by Crippen LogP contribution is 1.86. The predicted molar refractivity (Wildman–Crippen MR) is 29.0 cm³/mol. The van der Waals surface area contributed by atoms with Crippen LogP contribution in [0.25, 0.3) is 0 Å². The number of hydrazine groups is 1. The van der Waals surface area contributed by atoms with Crippen molar-refractivity contribution < 1.29 is 5.11 Å². The van der Waals surface area contributed by atoms with E-state index in [-0.39, 0.29) is 18.6 Å². The molecule has 0 spiro atoms. The van der Waals surface area contributed by atoms with Gasteiger partial charge >= 0.3 is 0 Å². The first-order chi connectivity index (χ1) is 2.89. The Morgan fingerprint density at radius 2 is 2.29 bits per heavy atom. The number of hydrogen-bond acceptors (Lipinski definition) is 3. The van der Waals surface area contributed by atoms with E-state index in [1.165, 1.54) is 0 Å². The van der Waals surface area contributed by atoms with E-state index in [1.807, 2.05) is 0 Å². The van der Waals surface area contributed by atoms with Crippen molar-refractivity contribution >= 4 is 12.4 Å². The molecule has 0 aliphatic carbocycles. The molecule has 0 radical (unpaired) electrons. The molecule has 1 saturated heterocycles. The standard InChI is InChI=1S/C3H8N2O.ClH/c6-3-1-2-4-5-3;/h3-6H,1-2H2;1H. The molecule has 7 heavy (non-hydrogen) atoms. The fourth-order valence-electron chi connectivity index (χ4n) is 0.471. The Morgan fingerprint density at radius 1 is 1.57 bits per heavy atom. The highest BCUT2D eigenvalue weighted by molar-refractivity contribution is 5.85. The van der Waals surface area contributed by atoms with Crippen LogP contribution >= 0.6 is 12.4 Å². The SMILES string of the molecule is Cl.OC1CCNN1. The van der Waals surface area contributed by atoms with Gasteiger partial charge in [0.05, 0.1) is 0 Å². The van der Waals surface area contributed by atoms with Crippen LogP contribution in [0.1, 0.15) is 6.42 Å². The summed E-state index contributed by atoms with van der Waals surface area (Å²) in [4.78, 5) is 0. The highest BCUT2D eigenvalue weighted by atomic mass is 35.5. The molecule has 0 aromatic carbocycles. The van der Waals surface area contributed by atoms with Crippen LogP contribution in [0.2, 0.25) is 0 Å². The van der Waals surface area contributed by atoms with E-state index in [2.05, 4.69) is 10.9 Å². The van der Waals surface area contributed by atoms with E-state index in [0.717, 1.165) is 13.0 Å². The van der Waals surface area contributed by atoms with Gasteiger partial charge in [0, 0.05) is 13.0 Å². The van der Waals surface area contributed by atoms with Gasteiger partial charge in [-0.15, -0.1) is 12.4 Å². The maximum atomic E-state index is 8.56. The van der Waals surface area contributed by atoms with Crippen molar-refractivity contribution in [1.82, 2.24) is 10.9 Å². The van der Waals surface area contributed by atoms with E-state index >= 15 is 0 Å². The number of nitrogens with one attached hydrogen (secondary N) is 2. The van der Waals surface area contributed by atoms with Crippen LogP contribution in [0.3, 0.4) is 0 Å². The first-order valence-corrected chi connectivity index (χ1v) is 2.06. The van der Waals surface area contributed by atoms with Crippen LogP contribution in [0, 0.1) is 0 Å². The van der Waals surface area contributed by atoms with E-state index < -0.39 is 0 Å². The molecule has 0 aromatic heterocycles. The normalized spacial score (nSPS) is 29.6. The van der Waals surface area contributed by atoms with Crippen molar-refractivity contribution in [2.75, 3.05) is 6.54 Å². The molecular weight excluding hydrogens is 115 g/mol. The van der Waals surface area contributed by atoms with E-state index in [4.69, 9.17) is 5.11 Å². The van der Waals surface area contributed by atoms with E-state index in [1.54, 1.807) is 0 Å². The quantitative estimate of drug-likeness (QED) is 0.397. The zero-order chi connectivity index (χ0) is 4.41. The minimum absolute atomic E-state index is 0. The van der Waals surface area contributed by atoms with Crippen molar-refractivity contribution in [1.29, 1.82) is 0 Å². The Bertz CT molecular complexity index is 46.2. The Labute approximate surface area is 48.5 Å². The zero-order valence-electron chi connectivity index (χ0n) is 3.85. The topological polar surface area (TPSA) is 44.3 Å². The molecule has 1 heterocycles. The molecule has 0 aromatic rings. The van der Waals surface area contributed by atoms with Gasteiger partial charge in [-0.25, -0.2) is 5.43 Å². The van der Waals surface area contributed by atoms with Crippen LogP contribution in [-0.2, 0) is 0 Å². The van der Waals surface area contributed by atoms with Crippen LogP contribution in [0.4, 0.5) is 0 Å². The average Bonchev–Trinajstić information content (AvgIpc) is 1.86. The summed E-state index contributed by atoms with van der Waals surface area (Å²) in [5.41, 5.74) is 5.40. The number of aliphatic hydroxyl groups excluding tert-OH is 1. The molecule has 1 atom stereocenters. The lowest BCUT2D eigenvalue weighted by Crippen LogP contribution is -2.29. The smallest absolute Gasteiger partial charge is 0.118 e. The Kier molecular flexibility index (Phi) is 3.29. The number of hydrogen-bond donors (Lipinski definition) is 3. The number of halogens is 1. The molecule has 0 amide bonds. The summed E-state index contributed by atoms with van der Waals surface area (Å²) in [6, 6.07) is 0. The minimum Gasteiger partial charge on any atom is -0.377 e. The Morgan fingerprint density at radius 3 is 2.43 bits per heavy atom. The summed E-state index contributed by atoms with van der Waals surface area (Å²) in [5, 5.41) is 8.56. The third-order valence-electron chi connectivity index (χ3n) is 0.811. The van der Waals surface area contributed by atoms with Crippen molar-refractivity contribution in [2.45, 2.75) is 12.6 Å². The van der Waals surface area contributed by atoms with Gasteiger partial charge in [0.1, 0.15) is 6.23 Å². The van der Waals surface area contributed by atoms with Gasteiger partial charge in [0.2, 0.25) is 0 Å². The Balaban J connectivity index is 0.000000360. The van der Waals surface area contributed by atoms with Crippen molar-refractivity contribution in [3.05, 3.63) is 0 Å². The Hall–Kier alpha value is 0.170. The monoisotopic (exact) mass is 124 g/mol. The van der Waals surface area contributed by atoms with Gasteiger partial charge in [0.15, 0.2) is 0 Å². The second-order valence-electron chi connectivity index (χ2n) is 1.38. The predicted octanol–water partition coefficient (Wildman–Crippen LogP) is -0.776. The third kappa shape index (κ3) is 2.09. The minimum atomic E-state index is -0.315. The fourth-order valence-corrected chi connectivity index (χ4v) is 0.471. The molecule has 1 aliphatic rings. The summed E-state index contributed by atoms with van der Waals surface area (Å²) in [7, 11) is 0. The van der Waals surface area contributed by atoms with Crippen molar-refractivity contribution in [2.24, 2.45) is 0 Å². The molecule has 0 bridgehead atoms. The van der Waals surface area contributed by atoms with Gasteiger partial charge in [-0.2, -0.15) is 0 Å². The molecule has 4 heteroatoms. The van der Waals surface area contributed by atoms with Crippen LogP contribution in [0.15, 0.2) is 0 Å². The molecule has 1 aliphatic heterocycles. The van der Waals surface area contributed by atoms with Crippen molar-refractivity contribution in [3.8, 4) is 0 Å². The zero-order valence-corrected chi connectivity index (χ0v) is 4.66. The third-order valence-corrected chi connectivity index (χ3v) is 0.811. The molecule has 3 N–H and O–H groups in total. The lowest BCUT2D eigenvalue weighted by atomic mass is 10.4. The molecule has 1 fully saturated rings. The molecule has 1 unspecified atom stereocenters. The second-order valence-corrected chi connectivity index (χ2v) is 1.38. The van der Waals surface area contributed by atoms with E-state index in [0.29, 0.717) is 0 Å². The maximum Gasteiger partial charge on any atom is 0.118 e.